The van der Waals surface area contributed by atoms with E-state index in [9.17, 15) is 14.7 Å². The highest BCUT2D eigenvalue weighted by atomic mass is 16.3. The van der Waals surface area contributed by atoms with Crippen LogP contribution in [0.2, 0.25) is 0 Å². The summed E-state index contributed by atoms with van der Waals surface area (Å²) in [6.45, 7) is 6.19. The Hall–Kier alpha value is -1.16. The molecule has 1 heterocycles. The number of nitrogens with one attached hydrogen (secondary N) is 1. The fourth-order valence-electron chi connectivity index (χ4n) is 6.74. The molecular weight excluding hydrogens is 290 g/mol. The van der Waals surface area contributed by atoms with Crippen LogP contribution in [0.5, 0.6) is 0 Å². The number of rotatable bonds is 0. The Morgan fingerprint density at radius 1 is 1.17 bits per heavy atom. The average molecular weight is 317 g/mol. The van der Waals surface area contributed by atoms with E-state index < -0.39 is 5.60 Å². The number of hydrogen-bond donors (Lipinski definition) is 2. The highest BCUT2D eigenvalue weighted by molar-refractivity contribution is 5.87. The molecule has 0 radical (unpaired) electrons. The van der Waals surface area contributed by atoms with Crippen molar-refractivity contribution in [3.63, 3.8) is 0 Å². The molecule has 0 aromatic heterocycles. The third kappa shape index (κ3) is 1.87. The molecule has 4 heteroatoms. The quantitative estimate of drug-likeness (QED) is 0.721. The van der Waals surface area contributed by atoms with Gasteiger partial charge in [0.2, 0.25) is 5.91 Å². The molecule has 4 rings (SSSR count). The lowest BCUT2D eigenvalue weighted by molar-refractivity contribution is -0.176. The summed E-state index contributed by atoms with van der Waals surface area (Å²) in [6.07, 6.45) is 6.51. The second kappa shape index (κ2) is 4.47. The van der Waals surface area contributed by atoms with E-state index >= 15 is 0 Å². The Morgan fingerprint density at radius 2 is 1.91 bits per heavy atom. The maximum absolute atomic E-state index is 12.5. The number of piperidine rings is 1. The van der Waals surface area contributed by atoms with Crippen molar-refractivity contribution in [3.8, 4) is 0 Å². The van der Waals surface area contributed by atoms with E-state index in [4.69, 9.17) is 0 Å². The van der Waals surface area contributed by atoms with Crippen molar-refractivity contribution in [1.29, 1.82) is 0 Å². The number of hydrogen-bond acceptors (Lipinski definition) is 3. The minimum atomic E-state index is -0.869. The van der Waals surface area contributed by atoms with Gasteiger partial charge in [-0.1, -0.05) is 19.9 Å². The van der Waals surface area contributed by atoms with Crippen LogP contribution in [0.25, 0.3) is 0 Å². The van der Waals surface area contributed by atoms with Crippen LogP contribution in [-0.2, 0) is 9.59 Å². The van der Waals surface area contributed by atoms with Crippen LogP contribution in [-0.4, -0.2) is 22.4 Å². The van der Waals surface area contributed by atoms with Gasteiger partial charge in [0, 0.05) is 35.3 Å². The summed E-state index contributed by atoms with van der Waals surface area (Å²) >= 11 is 0. The molecule has 2 saturated carbocycles. The minimum absolute atomic E-state index is 0.0866. The van der Waals surface area contributed by atoms with E-state index in [2.05, 4.69) is 25.2 Å². The molecule has 0 aromatic carbocycles. The van der Waals surface area contributed by atoms with Crippen LogP contribution in [0.15, 0.2) is 11.8 Å². The third-order valence-electron chi connectivity index (χ3n) is 7.52. The molecule has 0 spiro atoms. The SMILES string of the molecule is C[C@]12CCC(=O)NC1=CCC1C2[C@](C)(O)C[C@]2(C)C(=O)CCC12. The Labute approximate surface area is 137 Å². The molecule has 23 heavy (non-hydrogen) atoms. The molecule has 4 aliphatic rings. The lowest BCUT2D eigenvalue weighted by Crippen LogP contribution is -2.62. The molecule has 6 atom stereocenters. The first-order valence-electron chi connectivity index (χ1n) is 8.95. The minimum Gasteiger partial charge on any atom is -0.390 e. The highest BCUT2D eigenvalue weighted by Crippen LogP contribution is 2.65. The third-order valence-corrected chi connectivity index (χ3v) is 7.52. The van der Waals surface area contributed by atoms with E-state index in [-0.39, 0.29) is 22.7 Å². The molecule has 1 aliphatic heterocycles. The standard InChI is InChI=1S/C19H27NO3/c1-17-9-8-15(22)20-13(17)6-4-11-12-5-7-14(21)18(12,2)10-19(3,23)16(11)17/h6,11-12,16,23H,4-5,7-10H2,1-3H3,(H,20,22)/t11?,12?,16?,17-,18-,19+/m0/s1. The van der Waals surface area contributed by atoms with Gasteiger partial charge >= 0.3 is 0 Å². The molecule has 1 amide bonds. The van der Waals surface area contributed by atoms with E-state index in [0.717, 1.165) is 25.0 Å². The van der Waals surface area contributed by atoms with Crippen molar-refractivity contribution in [2.24, 2.45) is 28.6 Å². The van der Waals surface area contributed by atoms with Crippen molar-refractivity contribution in [2.45, 2.75) is 64.9 Å². The first-order valence-corrected chi connectivity index (χ1v) is 8.95. The number of allylic oxidation sites excluding steroid dienone is 2. The number of fused-ring (bicyclic) bond motifs is 5. The van der Waals surface area contributed by atoms with Crippen LogP contribution in [0.1, 0.15) is 59.3 Å². The van der Waals surface area contributed by atoms with Gasteiger partial charge in [-0.05, 0) is 44.4 Å². The van der Waals surface area contributed by atoms with E-state index in [0.29, 0.717) is 36.9 Å². The molecule has 2 N–H and O–H groups in total. The number of aliphatic hydroxyl groups is 1. The van der Waals surface area contributed by atoms with Gasteiger partial charge in [-0.25, -0.2) is 0 Å². The zero-order valence-corrected chi connectivity index (χ0v) is 14.3. The molecule has 3 unspecified atom stereocenters. The van der Waals surface area contributed by atoms with E-state index in [1.54, 1.807) is 0 Å². The second-order valence-corrected chi connectivity index (χ2v) is 8.98. The van der Waals surface area contributed by atoms with Crippen molar-refractivity contribution < 1.29 is 14.7 Å². The van der Waals surface area contributed by atoms with E-state index in [1.165, 1.54) is 0 Å². The number of Topliss-reactive ketones (excluding diaryl/α,β-unsaturated/α-hetero) is 1. The Bertz CT molecular complexity index is 622. The van der Waals surface area contributed by atoms with Crippen LogP contribution < -0.4 is 5.32 Å². The van der Waals surface area contributed by atoms with Crippen molar-refractivity contribution in [1.82, 2.24) is 5.32 Å². The van der Waals surface area contributed by atoms with Gasteiger partial charge < -0.3 is 10.4 Å². The second-order valence-electron chi connectivity index (χ2n) is 8.98. The zero-order chi connectivity index (χ0) is 16.6. The molecular formula is C19H27NO3. The zero-order valence-electron chi connectivity index (χ0n) is 14.3. The maximum Gasteiger partial charge on any atom is 0.224 e. The fourth-order valence-corrected chi connectivity index (χ4v) is 6.74. The van der Waals surface area contributed by atoms with Gasteiger partial charge in [0.15, 0.2) is 0 Å². The summed E-state index contributed by atoms with van der Waals surface area (Å²) in [6, 6.07) is 0. The Kier molecular flexibility index (Phi) is 2.99. The van der Waals surface area contributed by atoms with Crippen molar-refractivity contribution in [3.05, 3.63) is 11.8 Å². The summed E-state index contributed by atoms with van der Waals surface area (Å²) in [4.78, 5) is 24.3. The number of carbonyl (C=O) groups excluding carboxylic acids is 2. The summed E-state index contributed by atoms with van der Waals surface area (Å²) in [5.74, 6) is 1.23. The van der Waals surface area contributed by atoms with Crippen LogP contribution >= 0.6 is 0 Å². The van der Waals surface area contributed by atoms with Crippen LogP contribution in [0.4, 0.5) is 0 Å². The van der Waals surface area contributed by atoms with Crippen molar-refractivity contribution in [2.75, 3.05) is 0 Å². The lowest BCUT2D eigenvalue weighted by Gasteiger charge is -2.61. The topological polar surface area (TPSA) is 66.4 Å². The highest BCUT2D eigenvalue weighted by Gasteiger charge is 2.65. The van der Waals surface area contributed by atoms with Crippen LogP contribution in [0, 0.1) is 28.6 Å². The van der Waals surface area contributed by atoms with Gasteiger partial charge in [0.25, 0.3) is 0 Å². The molecule has 3 aliphatic carbocycles. The number of carbonyl (C=O) groups is 2. The van der Waals surface area contributed by atoms with Crippen molar-refractivity contribution >= 4 is 11.7 Å². The number of ketones is 1. The first-order chi connectivity index (χ1) is 10.7. The number of amides is 1. The Balaban J connectivity index is 1.81. The summed E-state index contributed by atoms with van der Waals surface area (Å²) in [5, 5.41) is 14.4. The van der Waals surface area contributed by atoms with Gasteiger partial charge in [-0.3, -0.25) is 9.59 Å². The fraction of sp³-hybridized carbons (Fsp3) is 0.789. The molecule has 126 valence electrons. The van der Waals surface area contributed by atoms with E-state index in [1.807, 2.05) is 6.92 Å². The normalized spacial score (nSPS) is 52.2. The summed E-state index contributed by atoms with van der Waals surface area (Å²) in [5.41, 5.74) is -0.424. The molecule has 1 saturated heterocycles. The average Bonchev–Trinajstić information content (AvgIpc) is 2.73. The summed E-state index contributed by atoms with van der Waals surface area (Å²) < 4.78 is 0. The van der Waals surface area contributed by atoms with Gasteiger partial charge in [-0.2, -0.15) is 0 Å². The van der Waals surface area contributed by atoms with Gasteiger partial charge in [0.1, 0.15) is 5.78 Å². The predicted octanol–water partition coefficient (Wildman–Crippen LogP) is 2.56. The van der Waals surface area contributed by atoms with Crippen LogP contribution in [0.3, 0.4) is 0 Å². The monoisotopic (exact) mass is 317 g/mol. The first kappa shape index (κ1) is 15.4. The lowest BCUT2D eigenvalue weighted by atomic mass is 9.45. The summed E-state index contributed by atoms with van der Waals surface area (Å²) in [7, 11) is 0. The largest absolute Gasteiger partial charge is 0.390 e. The molecule has 0 bridgehead atoms. The Morgan fingerprint density at radius 3 is 2.65 bits per heavy atom. The van der Waals surface area contributed by atoms with Gasteiger partial charge in [-0.15, -0.1) is 0 Å². The predicted molar refractivity (Wildman–Crippen MR) is 86.2 cm³/mol. The molecule has 0 aromatic rings. The maximum atomic E-state index is 12.5. The smallest absolute Gasteiger partial charge is 0.224 e. The molecule has 3 fully saturated rings. The van der Waals surface area contributed by atoms with Gasteiger partial charge in [0.05, 0.1) is 5.60 Å². The molecule has 4 nitrogen and oxygen atoms in total.